The summed E-state index contributed by atoms with van der Waals surface area (Å²) in [5.74, 6) is 1.39. The largest absolute Gasteiger partial charge is 0.264 e. The zero-order chi connectivity index (χ0) is 80.9. The van der Waals surface area contributed by atoms with Crippen LogP contribution < -0.4 is 0 Å². The van der Waals surface area contributed by atoms with E-state index >= 15 is 0 Å². The number of nitrogens with zero attached hydrogens (tertiary/aromatic N) is 6. The molecule has 4 heterocycles. The number of hydrogen-bond acceptors (Lipinski definition) is 6. The van der Waals surface area contributed by atoms with Gasteiger partial charge in [-0.2, -0.15) is 0 Å². The lowest BCUT2D eigenvalue weighted by Gasteiger charge is -2.33. The van der Waals surface area contributed by atoms with Gasteiger partial charge in [0.05, 0.1) is 33.6 Å². The van der Waals surface area contributed by atoms with Crippen molar-refractivity contribution < 1.29 is 0 Å². The van der Waals surface area contributed by atoms with E-state index in [1.54, 1.807) is 12.4 Å². The summed E-state index contributed by atoms with van der Waals surface area (Å²) in [5.41, 5.74) is 40.9. The van der Waals surface area contributed by atoms with Crippen LogP contribution >= 0.6 is 0 Å². The third kappa shape index (κ3) is 12.8. The van der Waals surface area contributed by atoms with Crippen molar-refractivity contribution in [3.63, 3.8) is 0 Å². The number of pyridine rings is 2. The first-order chi connectivity index (χ1) is 60.4. The number of fused-ring (bicyclic) bond motifs is 13. The van der Waals surface area contributed by atoms with Gasteiger partial charge in [0, 0.05) is 58.2 Å². The van der Waals surface area contributed by atoms with E-state index in [0.29, 0.717) is 11.6 Å². The fourth-order valence-electron chi connectivity index (χ4n) is 19.0. The molecule has 1 spiro atoms. The molecule has 3 aliphatic carbocycles. The molecule has 6 heteroatoms. The van der Waals surface area contributed by atoms with E-state index in [1.165, 1.54) is 100 Å². The second-order valence-corrected chi connectivity index (χ2v) is 31.6. The summed E-state index contributed by atoms with van der Waals surface area (Å²) in [4.78, 5) is 29.1. The number of aromatic nitrogens is 6. The topological polar surface area (TPSA) is 77.3 Å². The first-order valence-electron chi connectivity index (χ1n) is 41.6. The fraction of sp³-hybridized carbons (Fsp3) is 0.0172. The van der Waals surface area contributed by atoms with Gasteiger partial charge in [0.15, 0.2) is 11.6 Å². The molecule has 20 aromatic rings. The summed E-state index contributed by atoms with van der Waals surface area (Å²) in [6, 6.07) is 157. The maximum Gasteiger partial charge on any atom is 0.160 e. The van der Waals surface area contributed by atoms with Crippen molar-refractivity contribution in [3.8, 4) is 168 Å². The Hall–Kier alpha value is -16.0. The molecule has 122 heavy (non-hydrogen) atoms. The van der Waals surface area contributed by atoms with Gasteiger partial charge in [-0.25, -0.2) is 19.9 Å². The van der Waals surface area contributed by atoms with E-state index in [-0.39, 0.29) is 5.41 Å². The second kappa shape index (κ2) is 30.8. The third-order valence-corrected chi connectivity index (χ3v) is 24.7. The highest BCUT2D eigenvalue weighted by Gasteiger charge is 2.52. The van der Waals surface area contributed by atoms with Gasteiger partial charge < -0.3 is 0 Å². The molecule has 6 nitrogen and oxygen atoms in total. The number of benzene rings is 16. The minimum absolute atomic E-state index is 0.343. The van der Waals surface area contributed by atoms with Gasteiger partial charge in [-0.3, -0.25) is 9.97 Å². The zero-order valence-electron chi connectivity index (χ0n) is 66.6. The summed E-state index contributed by atoms with van der Waals surface area (Å²) in [7, 11) is 0. The molecule has 0 N–H and O–H groups in total. The van der Waals surface area contributed by atoms with Crippen molar-refractivity contribution in [1.82, 2.24) is 29.9 Å². The molecular weight excluding hydrogens is 1480 g/mol. The number of hydrogen-bond donors (Lipinski definition) is 0. The van der Waals surface area contributed by atoms with Crippen LogP contribution in [0.3, 0.4) is 0 Å². The normalized spacial score (nSPS) is 12.6. The van der Waals surface area contributed by atoms with Crippen molar-refractivity contribution in [1.29, 1.82) is 0 Å². The zero-order valence-corrected chi connectivity index (χ0v) is 66.6. The van der Waals surface area contributed by atoms with E-state index in [0.717, 1.165) is 101 Å². The van der Waals surface area contributed by atoms with Gasteiger partial charge in [-0.15, -0.1) is 0 Å². The first-order valence-corrected chi connectivity index (χ1v) is 41.6. The van der Waals surface area contributed by atoms with E-state index in [4.69, 9.17) is 19.9 Å². The molecule has 0 bridgehead atoms. The maximum absolute atomic E-state index is 5.16. The Kier molecular flexibility index (Phi) is 18.3. The van der Waals surface area contributed by atoms with Crippen LogP contribution in [0.15, 0.2) is 462 Å². The molecule has 0 aliphatic heterocycles. The van der Waals surface area contributed by atoms with Crippen LogP contribution in [0.25, 0.3) is 168 Å². The Morgan fingerprint density at radius 3 is 0.762 bits per heavy atom. The Morgan fingerprint density at radius 1 is 0.148 bits per heavy atom. The molecule has 0 saturated carbocycles. The summed E-state index contributed by atoms with van der Waals surface area (Å²) < 4.78 is 0. The van der Waals surface area contributed by atoms with Crippen LogP contribution in [-0.2, 0) is 10.8 Å². The van der Waals surface area contributed by atoms with Gasteiger partial charge in [0.25, 0.3) is 0 Å². The van der Waals surface area contributed by atoms with E-state index in [2.05, 4.69) is 398 Å². The van der Waals surface area contributed by atoms with Gasteiger partial charge in [-0.05, 0) is 205 Å². The predicted octanol–water partition coefficient (Wildman–Crippen LogP) is 28.5. The highest BCUT2D eigenvalue weighted by Crippen LogP contribution is 2.63. The minimum atomic E-state index is -0.417. The van der Waals surface area contributed by atoms with Crippen molar-refractivity contribution >= 4 is 0 Å². The van der Waals surface area contributed by atoms with E-state index < -0.39 is 5.41 Å². The van der Waals surface area contributed by atoms with Crippen LogP contribution in [0.1, 0.15) is 44.5 Å². The average Bonchev–Trinajstić information content (AvgIpc) is 1.51. The Morgan fingerprint density at radius 2 is 0.402 bits per heavy atom. The van der Waals surface area contributed by atoms with E-state index in [1.807, 2.05) is 60.9 Å². The standard InChI is InChI=1S/C58H37N3.C58H39N3/c1-2-13-40(14-3-1)57-60-55(39-28-26-38(27-29-39)46-19-12-32-59-37-46)36-56(61-57)45-18-11-17-43(34-45)41-15-10-16-42(33-41)44-30-31-54-50(35-44)49-22-6-9-25-53(49)58(54)51-23-7-4-20-47(51)48-21-5-8-24-52(48)58;1-4-15-42(16-5-1)57-60-55(41-30-28-40(29-31-41)48-21-14-34-59-39-48)38-56(61-57)47-20-13-19-45(36-47)43-17-12-18-44(35-43)46-32-33-54-52(37-46)51-26-10-11-27-53(51)58(54,49-22-6-2-7-23-49)50-24-8-3-9-25-50/h1-37H;1-39H. The van der Waals surface area contributed by atoms with Crippen molar-refractivity contribution in [2.75, 3.05) is 0 Å². The summed E-state index contributed by atoms with van der Waals surface area (Å²) in [6.07, 6.45) is 7.38. The molecule has 0 radical (unpaired) electrons. The lowest BCUT2D eigenvalue weighted by Crippen LogP contribution is -2.28. The third-order valence-electron chi connectivity index (χ3n) is 24.7. The molecule has 0 fully saturated rings. The van der Waals surface area contributed by atoms with Crippen molar-refractivity contribution in [2.45, 2.75) is 10.8 Å². The molecule has 23 rings (SSSR count). The summed E-state index contributed by atoms with van der Waals surface area (Å²) in [5, 5.41) is 0. The lowest BCUT2D eigenvalue weighted by molar-refractivity contribution is 0.768. The quantitative estimate of drug-likeness (QED) is 0.108. The van der Waals surface area contributed by atoms with Gasteiger partial charge in [-0.1, -0.05) is 376 Å². The lowest BCUT2D eigenvalue weighted by atomic mass is 9.67. The number of rotatable bonds is 14. The average molecular weight is 1550 g/mol. The van der Waals surface area contributed by atoms with Crippen LogP contribution in [0.4, 0.5) is 0 Å². The molecule has 0 saturated heterocycles. The molecule has 3 aliphatic rings. The molecule has 570 valence electrons. The van der Waals surface area contributed by atoms with Crippen LogP contribution in [0.2, 0.25) is 0 Å². The fourth-order valence-corrected chi connectivity index (χ4v) is 19.0. The van der Waals surface area contributed by atoms with Crippen molar-refractivity contribution in [3.05, 3.63) is 506 Å². The van der Waals surface area contributed by atoms with Gasteiger partial charge in [0.2, 0.25) is 0 Å². The SMILES string of the molecule is c1ccc(-c2nc(-c3ccc(-c4cccnc4)cc3)cc(-c3cccc(-c4cccc(-c5ccc6c(c5)-c5ccccc5C6(c5ccccc5)c5ccccc5)c4)c3)n2)cc1.c1ccc(-c2nc(-c3ccc(-c4cccnc4)cc3)cc(-c3cccc(-c4cccc(-c5ccc6c(c5)-c5ccccc5C65c6ccccc6-c6ccccc65)c4)c3)n2)cc1. The van der Waals surface area contributed by atoms with Crippen molar-refractivity contribution in [2.24, 2.45) is 0 Å². The molecular formula is C116H76N6. The molecule has 4 aromatic heterocycles. The smallest absolute Gasteiger partial charge is 0.160 e. The Bertz CT molecular complexity index is 6900. The van der Waals surface area contributed by atoms with E-state index in [9.17, 15) is 0 Å². The monoisotopic (exact) mass is 1550 g/mol. The highest BCUT2D eigenvalue weighted by atomic mass is 14.9. The van der Waals surface area contributed by atoms with Crippen LogP contribution in [0.5, 0.6) is 0 Å². The molecule has 0 unspecified atom stereocenters. The second-order valence-electron chi connectivity index (χ2n) is 31.6. The Balaban J connectivity index is 0.000000146. The molecule has 0 amide bonds. The summed E-state index contributed by atoms with van der Waals surface area (Å²) >= 11 is 0. The Labute approximate surface area is 710 Å². The minimum Gasteiger partial charge on any atom is -0.264 e. The van der Waals surface area contributed by atoms with Gasteiger partial charge in [0.1, 0.15) is 0 Å². The highest BCUT2D eigenvalue weighted by molar-refractivity contribution is 5.97. The summed E-state index contributed by atoms with van der Waals surface area (Å²) in [6.45, 7) is 0. The maximum atomic E-state index is 5.16. The molecule has 0 atom stereocenters. The van der Waals surface area contributed by atoms with Gasteiger partial charge >= 0.3 is 0 Å². The van der Waals surface area contributed by atoms with Crippen LogP contribution in [-0.4, -0.2) is 29.9 Å². The predicted molar refractivity (Wildman–Crippen MR) is 498 cm³/mol. The molecule has 16 aromatic carbocycles. The van der Waals surface area contributed by atoms with Crippen LogP contribution in [0, 0.1) is 0 Å². The first kappa shape index (κ1) is 72.4.